The minimum atomic E-state index is -0.0141. The average molecular weight is 669 g/mol. The maximum absolute atomic E-state index is 6.76. The molecule has 52 heavy (non-hydrogen) atoms. The number of aromatic nitrogens is 2. The fraction of sp³-hybridized carbons (Fsp3) is 0.0426. The van der Waals surface area contributed by atoms with Gasteiger partial charge in [-0.2, -0.15) is 0 Å². The summed E-state index contributed by atoms with van der Waals surface area (Å²) in [5.74, 6) is 0.872. The van der Waals surface area contributed by atoms with E-state index < -0.39 is 0 Å². The minimum absolute atomic E-state index is 0.0141. The highest BCUT2D eigenvalue weighted by atomic mass is 16.3. The third kappa shape index (κ3) is 4.14. The van der Waals surface area contributed by atoms with Crippen molar-refractivity contribution in [3.63, 3.8) is 0 Å². The maximum atomic E-state index is 6.76. The molecule has 1 unspecified atom stereocenters. The van der Waals surface area contributed by atoms with E-state index in [1.54, 1.807) is 0 Å². The number of furan rings is 1. The smallest absolute Gasteiger partial charge is 0.211 e. The Kier molecular flexibility index (Phi) is 6.16. The minimum Gasteiger partial charge on any atom is -0.456 e. The van der Waals surface area contributed by atoms with Gasteiger partial charge in [-0.25, -0.2) is 4.99 Å². The summed E-state index contributed by atoms with van der Waals surface area (Å²) in [5.41, 5.74) is 10.6. The summed E-state index contributed by atoms with van der Waals surface area (Å²) in [6, 6.07) is 58.1. The number of para-hydroxylation sites is 3. The van der Waals surface area contributed by atoms with Gasteiger partial charge < -0.3 is 13.9 Å². The molecule has 5 heteroatoms. The van der Waals surface area contributed by atoms with Gasteiger partial charge in [0.05, 0.1) is 39.2 Å². The average Bonchev–Trinajstić information content (AvgIpc) is 3.85. The van der Waals surface area contributed by atoms with Gasteiger partial charge in [0.1, 0.15) is 11.2 Å². The molecule has 0 N–H and O–H groups in total. The number of aliphatic imine (C=N–C) groups is 1. The van der Waals surface area contributed by atoms with Crippen molar-refractivity contribution in [1.29, 1.82) is 0 Å². The highest BCUT2D eigenvalue weighted by Gasteiger charge is 2.29. The predicted octanol–water partition coefficient (Wildman–Crippen LogP) is 11.7. The molecule has 0 spiro atoms. The lowest BCUT2D eigenvalue weighted by molar-refractivity contribution is 0.422. The number of hydrogen-bond donors (Lipinski definition) is 0. The molecule has 0 aliphatic carbocycles. The zero-order valence-corrected chi connectivity index (χ0v) is 28.4. The van der Waals surface area contributed by atoms with Crippen LogP contribution in [0.5, 0.6) is 0 Å². The Morgan fingerprint density at radius 3 is 1.90 bits per heavy atom. The van der Waals surface area contributed by atoms with Gasteiger partial charge in [-0.05, 0) is 60.2 Å². The Morgan fingerprint density at radius 2 is 1.15 bits per heavy atom. The molecule has 1 aliphatic heterocycles. The molecule has 0 fully saturated rings. The molecule has 0 saturated carbocycles. The van der Waals surface area contributed by atoms with Crippen molar-refractivity contribution >= 4 is 77.2 Å². The van der Waals surface area contributed by atoms with Crippen molar-refractivity contribution in [3.05, 3.63) is 181 Å². The Labute approximate surface area is 299 Å². The molecule has 0 bridgehead atoms. The third-order valence-corrected chi connectivity index (χ3v) is 10.8. The highest BCUT2D eigenvalue weighted by molar-refractivity contribution is 6.27. The number of fused-ring (bicyclic) bond motifs is 10. The molecule has 0 radical (unpaired) electrons. The highest BCUT2D eigenvalue weighted by Crippen LogP contribution is 2.44. The number of rotatable bonds is 3. The van der Waals surface area contributed by atoms with Crippen LogP contribution in [0.3, 0.4) is 0 Å². The zero-order valence-electron chi connectivity index (χ0n) is 28.4. The van der Waals surface area contributed by atoms with E-state index in [4.69, 9.17) is 9.41 Å². The van der Waals surface area contributed by atoms with E-state index >= 15 is 0 Å². The molecule has 246 valence electrons. The van der Waals surface area contributed by atoms with Crippen molar-refractivity contribution < 1.29 is 4.42 Å². The van der Waals surface area contributed by atoms with E-state index in [0.717, 1.165) is 72.2 Å². The molecule has 3 aromatic heterocycles. The second-order valence-electron chi connectivity index (χ2n) is 13.6. The van der Waals surface area contributed by atoms with Crippen molar-refractivity contribution in [2.75, 3.05) is 7.05 Å². The van der Waals surface area contributed by atoms with Gasteiger partial charge in [0.25, 0.3) is 0 Å². The zero-order chi connectivity index (χ0) is 34.3. The van der Waals surface area contributed by atoms with Crippen molar-refractivity contribution in [3.8, 4) is 5.69 Å². The van der Waals surface area contributed by atoms with Crippen LogP contribution in [0, 0.1) is 0 Å². The lowest BCUT2D eigenvalue weighted by Crippen LogP contribution is -2.37. The quantitative estimate of drug-likeness (QED) is 0.188. The monoisotopic (exact) mass is 668 g/mol. The van der Waals surface area contributed by atoms with Crippen LogP contribution in [0.2, 0.25) is 0 Å². The second-order valence-corrected chi connectivity index (χ2v) is 13.6. The summed E-state index contributed by atoms with van der Waals surface area (Å²) >= 11 is 0. The summed E-state index contributed by atoms with van der Waals surface area (Å²) < 4.78 is 11.5. The number of benzene rings is 7. The molecule has 10 aromatic rings. The van der Waals surface area contributed by atoms with E-state index in [1.807, 2.05) is 0 Å². The molecular formula is C47H32N4O. The first kappa shape index (κ1) is 28.9. The summed E-state index contributed by atoms with van der Waals surface area (Å²) in [6.07, 6.45) is 2.28. The Bertz CT molecular complexity index is 3070. The molecule has 1 aliphatic rings. The lowest BCUT2D eigenvalue weighted by atomic mass is 10.0. The molecule has 1 atom stereocenters. The molecular weight excluding hydrogens is 637 g/mol. The molecule has 7 aromatic carbocycles. The van der Waals surface area contributed by atoms with E-state index in [-0.39, 0.29) is 6.04 Å². The molecule has 11 rings (SSSR count). The van der Waals surface area contributed by atoms with Crippen molar-refractivity contribution in [2.45, 2.75) is 6.04 Å². The molecule has 4 heterocycles. The Balaban J connectivity index is 1.24. The lowest BCUT2D eigenvalue weighted by Gasteiger charge is -2.34. The standard InChI is InChI=1S/C47H32N4O/c1-49-41(31-17-7-3-8-18-31)29-38(30-15-5-2-6-16-30)48-47(49)51-40-24-14-12-22-34(40)36-28-44-37(27-42(36)51)45-43(52-44)26-25-35-33-21-11-13-23-39(33)50(46(35)45)32-19-9-4-10-20-32/h2-29,41H,1H3. The van der Waals surface area contributed by atoms with Gasteiger partial charge in [-0.15, -0.1) is 0 Å². The molecule has 0 saturated heterocycles. The van der Waals surface area contributed by atoms with E-state index in [9.17, 15) is 0 Å². The van der Waals surface area contributed by atoms with Crippen LogP contribution in [0.1, 0.15) is 17.2 Å². The number of hydrogen-bond acceptors (Lipinski definition) is 3. The van der Waals surface area contributed by atoms with Gasteiger partial charge in [0.2, 0.25) is 5.96 Å². The number of nitrogens with zero attached hydrogens (tertiary/aromatic N) is 4. The summed E-state index contributed by atoms with van der Waals surface area (Å²) in [5, 5.41) is 6.90. The second kappa shape index (κ2) is 11.1. The molecule has 0 amide bonds. The predicted molar refractivity (Wildman–Crippen MR) is 215 cm³/mol. The molecule has 5 nitrogen and oxygen atoms in total. The number of likely N-dealkylation sites (N-methyl/N-ethyl adjacent to an activating group) is 1. The fourth-order valence-electron chi connectivity index (χ4n) is 8.40. The summed E-state index contributed by atoms with van der Waals surface area (Å²) in [7, 11) is 2.16. The van der Waals surface area contributed by atoms with Crippen LogP contribution in [-0.2, 0) is 0 Å². The van der Waals surface area contributed by atoms with Gasteiger partial charge in [0.15, 0.2) is 0 Å². The maximum Gasteiger partial charge on any atom is 0.211 e. The Hall–Kier alpha value is -6.85. The first-order valence-electron chi connectivity index (χ1n) is 17.7. The van der Waals surface area contributed by atoms with Crippen LogP contribution in [0.25, 0.3) is 76.9 Å². The van der Waals surface area contributed by atoms with Crippen molar-refractivity contribution in [1.82, 2.24) is 14.0 Å². The first-order valence-corrected chi connectivity index (χ1v) is 17.7. The first-order chi connectivity index (χ1) is 25.7. The van der Waals surface area contributed by atoms with Crippen LogP contribution < -0.4 is 0 Å². The van der Waals surface area contributed by atoms with Crippen molar-refractivity contribution in [2.24, 2.45) is 4.99 Å². The SMILES string of the molecule is CN1C(n2c3ccccc3c3cc4oc5ccc6c7ccccc7n(-c7ccccc7)c6c5c4cc32)=NC(c2ccccc2)=CC1c1ccccc1. The van der Waals surface area contributed by atoms with Gasteiger partial charge in [-0.3, -0.25) is 4.57 Å². The van der Waals surface area contributed by atoms with E-state index in [0.29, 0.717) is 0 Å². The largest absolute Gasteiger partial charge is 0.456 e. The van der Waals surface area contributed by atoms with Crippen LogP contribution in [0.4, 0.5) is 0 Å². The summed E-state index contributed by atoms with van der Waals surface area (Å²) in [4.78, 5) is 7.76. The summed E-state index contributed by atoms with van der Waals surface area (Å²) in [6.45, 7) is 0. The van der Waals surface area contributed by atoms with Crippen LogP contribution >= 0.6 is 0 Å². The van der Waals surface area contributed by atoms with Gasteiger partial charge in [-0.1, -0.05) is 115 Å². The van der Waals surface area contributed by atoms with Gasteiger partial charge in [0, 0.05) is 45.2 Å². The van der Waals surface area contributed by atoms with Gasteiger partial charge >= 0.3 is 0 Å². The van der Waals surface area contributed by atoms with E-state index in [1.165, 1.54) is 21.9 Å². The Morgan fingerprint density at radius 1 is 0.519 bits per heavy atom. The topological polar surface area (TPSA) is 38.6 Å². The van der Waals surface area contributed by atoms with E-state index in [2.05, 4.69) is 191 Å². The van der Waals surface area contributed by atoms with Crippen LogP contribution in [-0.4, -0.2) is 27.0 Å². The third-order valence-electron chi connectivity index (χ3n) is 10.8. The fourth-order valence-corrected chi connectivity index (χ4v) is 8.40. The normalized spacial score (nSPS) is 15.0. The van der Waals surface area contributed by atoms with Crippen LogP contribution in [0.15, 0.2) is 179 Å².